The van der Waals surface area contributed by atoms with Crippen LogP contribution in [0.2, 0.25) is 0 Å². The summed E-state index contributed by atoms with van der Waals surface area (Å²) in [6, 6.07) is 6.40. The molecule has 0 aliphatic carbocycles. The van der Waals surface area contributed by atoms with Crippen molar-refractivity contribution in [3.8, 4) is 5.75 Å². The third-order valence-corrected chi connectivity index (χ3v) is 4.04. The van der Waals surface area contributed by atoms with E-state index >= 15 is 0 Å². The van der Waals surface area contributed by atoms with Gasteiger partial charge in [0.2, 0.25) is 0 Å². The Bertz CT molecular complexity index is 577. The molecule has 0 saturated carbocycles. The molecular weight excluding hydrogens is 332 g/mol. The molecule has 1 aromatic rings. The molecule has 0 aliphatic heterocycles. The van der Waals surface area contributed by atoms with Gasteiger partial charge in [-0.25, -0.2) is 9.59 Å². The maximum atomic E-state index is 11.7. The Balaban J connectivity index is 2.24. The Morgan fingerprint density at radius 2 is 1.73 bits per heavy atom. The van der Waals surface area contributed by atoms with Gasteiger partial charge in [0, 0.05) is 5.57 Å². The van der Waals surface area contributed by atoms with Crippen LogP contribution in [0.5, 0.6) is 5.75 Å². The van der Waals surface area contributed by atoms with Gasteiger partial charge in [-0.05, 0) is 63.3 Å². The van der Waals surface area contributed by atoms with Crippen LogP contribution in [0.4, 0.5) is 0 Å². The molecule has 26 heavy (non-hydrogen) atoms. The monoisotopic (exact) mass is 362 g/mol. The fraction of sp³-hybridized carbons (Fsp3) is 0.524. The second kappa shape index (κ2) is 12.1. The van der Waals surface area contributed by atoms with Gasteiger partial charge < -0.3 is 14.6 Å². The van der Waals surface area contributed by atoms with E-state index in [0.29, 0.717) is 17.9 Å². The molecule has 0 saturated heterocycles. The van der Waals surface area contributed by atoms with Crippen LogP contribution in [-0.4, -0.2) is 29.8 Å². The smallest absolute Gasteiger partial charge is 0.335 e. The zero-order valence-electron chi connectivity index (χ0n) is 15.8. The second-order valence-electron chi connectivity index (χ2n) is 6.48. The Morgan fingerprint density at radius 1 is 1.08 bits per heavy atom. The average molecular weight is 362 g/mol. The lowest BCUT2D eigenvalue weighted by molar-refractivity contribution is -0.145. The third kappa shape index (κ3) is 8.70. The van der Waals surface area contributed by atoms with Crippen LogP contribution in [0.15, 0.2) is 36.4 Å². The summed E-state index contributed by atoms with van der Waals surface area (Å²) < 4.78 is 11.1. The van der Waals surface area contributed by atoms with Crippen LogP contribution in [0.25, 0.3) is 0 Å². The van der Waals surface area contributed by atoms with Gasteiger partial charge in [0.1, 0.15) is 11.9 Å². The molecule has 144 valence electrons. The molecule has 0 aromatic heterocycles. The second-order valence-corrected chi connectivity index (χ2v) is 6.48. The van der Waals surface area contributed by atoms with Crippen molar-refractivity contribution in [3.05, 3.63) is 42.0 Å². The highest BCUT2D eigenvalue weighted by Crippen LogP contribution is 2.16. The van der Waals surface area contributed by atoms with Crippen LogP contribution in [0.1, 0.15) is 69.2 Å². The number of unbranched alkanes of at least 4 members (excludes halogenated alkanes) is 3. The summed E-state index contributed by atoms with van der Waals surface area (Å²) in [5.41, 5.74) is 0.689. The highest BCUT2D eigenvalue weighted by Gasteiger charge is 2.14. The van der Waals surface area contributed by atoms with Crippen LogP contribution in [-0.2, 0) is 9.53 Å². The quantitative estimate of drug-likeness (QED) is 0.304. The maximum absolute atomic E-state index is 11.7. The Hall–Kier alpha value is -2.30. The SMILES string of the molecule is C=C(C)C(=O)OC(CCCC)CCCCCOc1ccc(C(=O)O)cc1. The summed E-state index contributed by atoms with van der Waals surface area (Å²) in [6.45, 7) is 8.00. The number of aromatic carboxylic acids is 1. The number of ether oxygens (including phenoxy) is 2. The van der Waals surface area contributed by atoms with E-state index in [0.717, 1.165) is 44.9 Å². The lowest BCUT2D eigenvalue weighted by atomic mass is 10.1. The number of carbonyl (C=O) groups is 2. The largest absolute Gasteiger partial charge is 0.494 e. The van der Waals surface area contributed by atoms with E-state index in [-0.39, 0.29) is 17.6 Å². The minimum absolute atomic E-state index is 0.0383. The number of carbonyl (C=O) groups excluding carboxylic acids is 1. The number of benzene rings is 1. The van der Waals surface area contributed by atoms with Gasteiger partial charge in [-0.3, -0.25) is 0 Å². The average Bonchev–Trinajstić information content (AvgIpc) is 2.62. The molecule has 0 spiro atoms. The van der Waals surface area contributed by atoms with Gasteiger partial charge in [0.25, 0.3) is 0 Å². The molecule has 0 radical (unpaired) electrons. The van der Waals surface area contributed by atoms with E-state index in [1.165, 1.54) is 12.1 Å². The Kier molecular flexibility index (Phi) is 10.1. The maximum Gasteiger partial charge on any atom is 0.335 e. The Morgan fingerprint density at radius 3 is 2.31 bits per heavy atom. The minimum Gasteiger partial charge on any atom is -0.494 e. The normalized spacial score (nSPS) is 11.6. The van der Waals surface area contributed by atoms with Crippen molar-refractivity contribution in [1.82, 2.24) is 0 Å². The van der Waals surface area contributed by atoms with Crippen molar-refractivity contribution in [2.45, 2.75) is 64.9 Å². The van der Waals surface area contributed by atoms with Gasteiger partial charge in [-0.2, -0.15) is 0 Å². The van der Waals surface area contributed by atoms with Crippen molar-refractivity contribution in [3.63, 3.8) is 0 Å². The predicted molar refractivity (Wildman–Crippen MR) is 102 cm³/mol. The first-order chi connectivity index (χ1) is 12.4. The van der Waals surface area contributed by atoms with Crippen LogP contribution < -0.4 is 4.74 Å². The van der Waals surface area contributed by atoms with Gasteiger partial charge in [0.05, 0.1) is 12.2 Å². The summed E-state index contributed by atoms with van der Waals surface area (Å²) in [5.74, 6) is -0.577. The molecule has 1 N–H and O–H groups in total. The molecule has 1 unspecified atom stereocenters. The molecule has 1 aromatic carbocycles. The zero-order valence-corrected chi connectivity index (χ0v) is 15.8. The first-order valence-electron chi connectivity index (χ1n) is 9.26. The zero-order chi connectivity index (χ0) is 19.4. The molecule has 5 heteroatoms. The van der Waals surface area contributed by atoms with Crippen LogP contribution >= 0.6 is 0 Å². The van der Waals surface area contributed by atoms with E-state index in [4.69, 9.17) is 14.6 Å². The van der Waals surface area contributed by atoms with E-state index in [9.17, 15) is 9.59 Å². The summed E-state index contributed by atoms with van der Waals surface area (Å²) >= 11 is 0. The molecular formula is C21H30O5. The lowest BCUT2D eigenvalue weighted by Gasteiger charge is -2.17. The van der Waals surface area contributed by atoms with Crippen molar-refractivity contribution < 1.29 is 24.2 Å². The number of hydrogen-bond acceptors (Lipinski definition) is 4. The van der Waals surface area contributed by atoms with E-state index < -0.39 is 5.97 Å². The van der Waals surface area contributed by atoms with Gasteiger partial charge in [-0.1, -0.05) is 26.3 Å². The predicted octanol–water partition coefficient (Wildman–Crippen LogP) is 5.00. The van der Waals surface area contributed by atoms with Gasteiger partial charge in [0.15, 0.2) is 0 Å². The molecule has 1 rings (SSSR count). The summed E-state index contributed by atoms with van der Waals surface area (Å²) in [6.07, 6.45) is 6.69. The van der Waals surface area contributed by atoms with E-state index in [1.807, 2.05) is 0 Å². The highest BCUT2D eigenvalue weighted by atomic mass is 16.5. The number of hydrogen-bond donors (Lipinski definition) is 1. The molecule has 0 aliphatic rings. The van der Waals surface area contributed by atoms with Gasteiger partial charge in [-0.15, -0.1) is 0 Å². The van der Waals surface area contributed by atoms with Crippen LogP contribution in [0, 0.1) is 0 Å². The minimum atomic E-state index is -0.943. The first kappa shape index (κ1) is 21.7. The Labute approximate surface area is 156 Å². The molecule has 5 nitrogen and oxygen atoms in total. The number of carboxylic acid groups (broad SMARTS) is 1. The number of carboxylic acids is 1. The topological polar surface area (TPSA) is 72.8 Å². The summed E-state index contributed by atoms with van der Waals surface area (Å²) in [4.78, 5) is 22.5. The number of esters is 1. The van der Waals surface area contributed by atoms with Crippen molar-refractivity contribution in [2.75, 3.05) is 6.61 Å². The van der Waals surface area contributed by atoms with E-state index in [1.54, 1.807) is 19.1 Å². The van der Waals surface area contributed by atoms with Crippen molar-refractivity contribution in [2.24, 2.45) is 0 Å². The summed E-state index contributed by atoms with van der Waals surface area (Å²) in [5, 5.41) is 8.86. The molecule has 0 fully saturated rings. The molecule has 0 bridgehead atoms. The third-order valence-electron chi connectivity index (χ3n) is 4.04. The lowest BCUT2D eigenvalue weighted by Crippen LogP contribution is -2.18. The molecule has 0 heterocycles. The van der Waals surface area contributed by atoms with Gasteiger partial charge >= 0.3 is 11.9 Å². The standard InChI is InChI=1S/C21H30O5/c1-4-5-9-19(26-21(24)16(2)3)10-7-6-8-15-25-18-13-11-17(12-14-18)20(22)23/h11-14,19H,2,4-10,15H2,1,3H3,(H,22,23). The molecule has 1 atom stereocenters. The fourth-order valence-electron chi connectivity index (χ4n) is 2.48. The fourth-order valence-corrected chi connectivity index (χ4v) is 2.48. The highest BCUT2D eigenvalue weighted by molar-refractivity contribution is 5.87. The van der Waals surface area contributed by atoms with E-state index in [2.05, 4.69) is 13.5 Å². The van der Waals surface area contributed by atoms with Crippen LogP contribution in [0.3, 0.4) is 0 Å². The van der Waals surface area contributed by atoms with Crippen molar-refractivity contribution in [1.29, 1.82) is 0 Å². The molecule has 0 amide bonds. The first-order valence-corrected chi connectivity index (χ1v) is 9.26. The van der Waals surface area contributed by atoms with Crippen molar-refractivity contribution >= 4 is 11.9 Å². The number of rotatable bonds is 13. The summed E-state index contributed by atoms with van der Waals surface area (Å²) in [7, 11) is 0.